The van der Waals surface area contributed by atoms with Crippen molar-refractivity contribution < 1.29 is 24.5 Å². The molecule has 6 nitrogen and oxygen atoms in total. The van der Waals surface area contributed by atoms with Crippen LogP contribution in [-0.2, 0) is 14.3 Å². The predicted molar refractivity (Wildman–Crippen MR) is 343 cm³/mol. The number of amides is 1. The third-order valence-corrected chi connectivity index (χ3v) is 16.7. The summed E-state index contributed by atoms with van der Waals surface area (Å²) in [5.74, 6) is -0.0462. The van der Waals surface area contributed by atoms with E-state index in [1.165, 1.54) is 334 Å². The van der Waals surface area contributed by atoms with Gasteiger partial charge in [0.2, 0.25) is 5.91 Å². The summed E-state index contributed by atoms with van der Waals surface area (Å²) >= 11 is 0. The first-order valence-electron chi connectivity index (χ1n) is 35.6. The third-order valence-electron chi connectivity index (χ3n) is 16.7. The molecule has 0 aromatic rings. The lowest BCUT2D eigenvalue weighted by Gasteiger charge is -2.20. The standard InChI is InChI=1S/C72H139NO5/c1-3-5-7-9-11-13-15-17-19-32-36-40-44-48-52-56-60-64-70(75)69(68-74)73-71(76)65-61-57-53-49-45-41-37-34-30-28-26-24-22-21-23-25-27-29-31-35-39-43-47-51-55-59-63-67-78-72(77)66-62-58-54-50-46-42-38-33-20-18-16-14-12-10-8-6-4-2/h21-22,60,64,69-70,74-75H,3-20,23-59,61-63,65-68H2,1-2H3,(H,73,76)/b22-21-,64-60+. The molecular weight excluding hydrogens is 959 g/mol. The number of hydrogen-bond donors (Lipinski definition) is 3. The van der Waals surface area contributed by atoms with Gasteiger partial charge in [-0.2, -0.15) is 0 Å². The predicted octanol–water partition coefficient (Wildman–Crippen LogP) is 22.9. The maximum atomic E-state index is 12.5. The molecule has 0 bridgehead atoms. The van der Waals surface area contributed by atoms with Gasteiger partial charge in [-0.1, -0.05) is 353 Å². The minimum atomic E-state index is -0.845. The largest absolute Gasteiger partial charge is 0.466 e. The van der Waals surface area contributed by atoms with Crippen molar-refractivity contribution >= 4 is 11.9 Å². The van der Waals surface area contributed by atoms with Gasteiger partial charge in [0.1, 0.15) is 0 Å². The van der Waals surface area contributed by atoms with Crippen LogP contribution >= 0.6 is 0 Å². The van der Waals surface area contributed by atoms with E-state index in [4.69, 9.17) is 4.74 Å². The maximum Gasteiger partial charge on any atom is 0.305 e. The molecular formula is C72H139NO5. The Morgan fingerprint density at radius 1 is 0.346 bits per heavy atom. The zero-order valence-electron chi connectivity index (χ0n) is 52.9. The van der Waals surface area contributed by atoms with Crippen molar-refractivity contribution in [2.75, 3.05) is 13.2 Å². The number of esters is 1. The summed E-state index contributed by atoms with van der Waals surface area (Å²) in [4.78, 5) is 24.6. The first-order valence-corrected chi connectivity index (χ1v) is 35.6. The zero-order valence-corrected chi connectivity index (χ0v) is 52.9. The quantitative estimate of drug-likeness (QED) is 0.0320. The number of carbonyl (C=O) groups excluding carboxylic acids is 2. The average molecular weight is 1100 g/mol. The number of unbranched alkanes of at least 4 members (excludes halogenated alkanes) is 54. The first kappa shape index (κ1) is 76.3. The minimum Gasteiger partial charge on any atom is -0.466 e. The van der Waals surface area contributed by atoms with Crippen molar-refractivity contribution in [1.29, 1.82) is 0 Å². The van der Waals surface area contributed by atoms with E-state index >= 15 is 0 Å². The number of allylic oxidation sites excluding steroid dienone is 3. The molecule has 0 fully saturated rings. The molecule has 0 aliphatic carbocycles. The maximum absolute atomic E-state index is 12.5. The number of aliphatic hydroxyl groups excluding tert-OH is 2. The minimum absolute atomic E-state index is 0.0194. The van der Waals surface area contributed by atoms with E-state index in [0.29, 0.717) is 19.4 Å². The van der Waals surface area contributed by atoms with Crippen molar-refractivity contribution in [3.8, 4) is 0 Å². The van der Waals surface area contributed by atoms with Gasteiger partial charge in [-0.15, -0.1) is 0 Å². The Morgan fingerprint density at radius 3 is 0.910 bits per heavy atom. The normalized spacial score (nSPS) is 12.6. The molecule has 462 valence electrons. The molecule has 0 radical (unpaired) electrons. The molecule has 2 atom stereocenters. The van der Waals surface area contributed by atoms with Gasteiger partial charge in [-0.05, 0) is 57.8 Å². The van der Waals surface area contributed by atoms with E-state index in [1.807, 2.05) is 6.08 Å². The highest BCUT2D eigenvalue weighted by atomic mass is 16.5. The highest BCUT2D eigenvalue weighted by molar-refractivity contribution is 5.76. The second-order valence-corrected chi connectivity index (χ2v) is 24.6. The Kier molecular flexibility index (Phi) is 66.4. The number of aliphatic hydroxyl groups is 2. The van der Waals surface area contributed by atoms with Crippen molar-refractivity contribution in [1.82, 2.24) is 5.32 Å². The van der Waals surface area contributed by atoms with Gasteiger partial charge >= 0.3 is 5.97 Å². The SMILES string of the molecule is CCCCCCCCCCCCCCCCC/C=C/C(O)C(CO)NC(=O)CCCCCCCCCCCCC/C=C\CCCCCCCCCCCCCCOC(=O)CCCCCCCCCCCCCCCCCCC. The molecule has 0 saturated carbocycles. The first-order chi connectivity index (χ1) is 38.5. The fraction of sp³-hybridized carbons (Fsp3) is 0.917. The molecule has 0 aromatic carbocycles. The van der Waals surface area contributed by atoms with Crippen molar-refractivity contribution in [3.05, 3.63) is 24.3 Å². The van der Waals surface area contributed by atoms with Crippen molar-refractivity contribution in [2.45, 2.75) is 411 Å². The van der Waals surface area contributed by atoms with E-state index in [-0.39, 0.29) is 18.5 Å². The summed E-state index contributed by atoms with van der Waals surface area (Å²) in [7, 11) is 0. The third kappa shape index (κ3) is 63.5. The second kappa shape index (κ2) is 67.8. The monoisotopic (exact) mass is 1100 g/mol. The van der Waals surface area contributed by atoms with Crippen LogP contribution in [0.25, 0.3) is 0 Å². The molecule has 6 heteroatoms. The van der Waals surface area contributed by atoms with Crippen molar-refractivity contribution in [3.63, 3.8) is 0 Å². The lowest BCUT2D eigenvalue weighted by atomic mass is 10.0. The summed E-state index contributed by atoms with van der Waals surface area (Å²) in [5, 5.41) is 23.2. The molecule has 0 aliphatic rings. The smallest absolute Gasteiger partial charge is 0.305 e. The summed E-state index contributed by atoms with van der Waals surface area (Å²) < 4.78 is 5.51. The van der Waals surface area contributed by atoms with Gasteiger partial charge in [0.25, 0.3) is 0 Å². The van der Waals surface area contributed by atoms with Crippen LogP contribution in [0.2, 0.25) is 0 Å². The molecule has 0 spiro atoms. The van der Waals surface area contributed by atoms with Crippen LogP contribution in [0, 0.1) is 0 Å². The molecule has 0 rings (SSSR count). The average Bonchev–Trinajstić information content (AvgIpc) is 3.44. The van der Waals surface area contributed by atoms with Crippen LogP contribution in [0.4, 0.5) is 0 Å². The zero-order chi connectivity index (χ0) is 56.4. The number of nitrogens with one attached hydrogen (secondary N) is 1. The fourth-order valence-corrected chi connectivity index (χ4v) is 11.3. The Balaban J connectivity index is 3.38. The van der Waals surface area contributed by atoms with Crippen LogP contribution in [0.1, 0.15) is 399 Å². The molecule has 0 saturated heterocycles. The highest BCUT2D eigenvalue weighted by Crippen LogP contribution is 2.19. The van der Waals surface area contributed by atoms with Gasteiger partial charge < -0.3 is 20.3 Å². The number of hydrogen-bond acceptors (Lipinski definition) is 5. The number of ether oxygens (including phenoxy) is 1. The van der Waals surface area contributed by atoms with Gasteiger partial charge in [0.15, 0.2) is 0 Å². The Labute approximate surface area is 488 Å². The molecule has 2 unspecified atom stereocenters. The molecule has 1 amide bonds. The van der Waals surface area contributed by atoms with E-state index < -0.39 is 12.1 Å². The summed E-state index contributed by atoms with van der Waals surface area (Å²) in [6.45, 7) is 4.95. The highest BCUT2D eigenvalue weighted by Gasteiger charge is 2.18. The molecule has 0 aliphatic heterocycles. The molecule has 3 N–H and O–H groups in total. The van der Waals surface area contributed by atoms with E-state index in [9.17, 15) is 19.8 Å². The van der Waals surface area contributed by atoms with Crippen LogP contribution in [0.15, 0.2) is 24.3 Å². The lowest BCUT2D eigenvalue weighted by molar-refractivity contribution is -0.143. The van der Waals surface area contributed by atoms with Crippen LogP contribution < -0.4 is 5.32 Å². The van der Waals surface area contributed by atoms with Crippen LogP contribution in [-0.4, -0.2) is 47.4 Å². The van der Waals surface area contributed by atoms with E-state index in [2.05, 4.69) is 31.3 Å². The summed E-state index contributed by atoms with van der Waals surface area (Å²) in [6, 6.07) is -0.628. The Morgan fingerprint density at radius 2 is 0.603 bits per heavy atom. The molecule has 0 heterocycles. The van der Waals surface area contributed by atoms with Crippen molar-refractivity contribution in [2.24, 2.45) is 0 Å². The van der Waals surface area contributed by atoms with E-state index in [0.717, 1.165) is 38.5 Å². The molecule has 0 aromatic heterocycles. The van der Waals surface area contributed by atoms with Gasteiger partial charge in [0, 0.05) is 12.8 Å². The Bertz CT molecular complexity index is 1220. The van der Waals surface area contributed by atoms with Crippen LogP contribution in [0.3, 0.4) is 0 Å². The van der Waals surface area contributed by atoms with Crippen LogP contribution in [0.5, 0.6) is 0 Å². The van der Waals surface area contributed by atoms with E-state index in [1.54, 1.807) is 6.08 Å². The number of rotatable bonds is 67. The number of carbonyl (C=O) groups is 2. The second-order valence-electron chi connectivity index (χ2n) is 24.6. The lowest BCUT2D eigenvalue weighted by Crippen LogP contribution is -2.45. The summed E-state index contributed by atoms with van der Waals surface area (Å²) in [5.41, 5.74) is 0. The Hall–Kier alpha value is -1.66. The topological polar surface area (TPSA) is 95.9 Å². The van der Waals surface area contributed by atoms with Gasteiger partial charge in [-0.25, -0.2) is 0 Å². The molecule has 78 heavy (non-hydrogen) atoms. The fourth-order valence-electron chi connectivity index (χ4n) is 11.3. The summed E-state index contributed by atoms with van der Waals surface area (Å²) in [6.07, 6.45) is 85.4. The van der Waals surface area contributed by atoms with Gasteiger partial charge in [-0.3, -0.25) is 9.59 Å². The van der Waals surface area contributed by atoms with Gasteiger partial charge in [0.05, 0.1) is 25.4 Å².